The number of amidine groups is 1. The number of methoxy groups -OCH3 is 1. The summed E-state index contributed by atoms with van der Waals surface area (Å²) in [5.74, 6) is -1.42. The van der Waals surface area contributed by atoms with E-state index in [9.17, 15) is 34.8 Å². The molecular weight excluding hydrogens is 885 g/mol. The van der Waals surface area contributed by atoms with E-state index in [0.29, 0.717) is 23.4 Å². The molecule has 2 aliphatic heterocycles. The second kappa shape index (κ2) is 22.5. The third kappa shape index (κ3) is 10.8. The van der Waals surface area contributed by atoms with Gasteiger partial charge >= 0.3 is 6.09 Å². The molecule has 2 fully saturated rings. The van der Waals surface area contributed by atoms with E-state index >= 15 is 0 Å². The van der Waals surface area contributed by atoms with Crippen LogP contribution in [0.3, 0.4) is 0 Å². The van der Waals surface area contributed by atoms with Crippen molar-refractivity contribution in [2.24, 2.45) is 5.73 Å². The number of carbonyl (C=O) groups is 4. The minimum Gasteiger partial charge on any atom is -0.453 e. The molecule has 2 saturated heterocycles. The summed E-state index contributed by atoms with van der Waals surface area (Å²) in [5, 5.41) is 43.4. The van der Waals surface area contributed by atoms with E-state index in [1.165, 1.54) is 16.9 Å². The van der Waals surface area contributed by atoms with Crippen LogP contribution in [0.2, 0.25) is 0 Å². The third-order valence-corrected chi connectivity index (χ3v) is 14.2. The molecule has 6 atom stereocenters. The fraction of sp³-hybridized carbons (Fsp3) is 0.436. The Labute approximate surface area is 411 Å². The van der Waals surface area contributed by atoms with E-state index in [1.807, 2.05) is 60.7 Å². The van der Waals surface area contributed by atoms with Crippen LogP contribution >= 0.6 is 0 Å². The molecule has 70 heavy (non-hydrogen) atoms. The molecule has 4 amide bonds. The third-order valence-electron chi connectivity index (χ3n) is 14.2. The highest BCUT2D eigenvalue weighted by Crippen LogP contribution is 2.55. The Morgan fingerprint density at radius 1 is 0.771 bits per heavy atom. The van der Waals surface area contributed by atoms with E-state index in [2.05, 4.69) is 54.7 Å². The van der Waals surface area contributed by atoms with Crippen molar-refractivity contribution in [3.8, 4) is 11.1 Å². The largest absolute Gasteiger partial charge is 0.453 e. The molecule has 0 radical (unpaired) electrons. The van der Waals surface area contributed by atoms with Crippen molar-refractivity contribution >= 4 is 41.0 Å². The number of unbranched alkanes of at least 4 members (excludes halogenated alkanes) is 3. The average molecular weight is 955 g/mol. The maximum absolute atomic E-state index is 14.5. The number of alkyl carbamates (subject to hydrolysis) is 1. The number of anilines is 2. The topological polar surface area (TPSA) is 222 Å². The Bertz CT molecular complexity index is 2530. The molecule has 3 aliphatic rings. The summed E-state index contributed by atoms with van der Waals surface area (Å²) in [6, 6.07) is 27.1. The van der Waals surface area contributed by atoms with Crippen molar-refractivity contribution in [2.75, 3.05) is 30.8 Å². The molecule has 7 rings (SSSR count). The van der Waals surface area contributed by atoms with Crippen molar-refractivity contribution in [3.05, 3.63) is 132 Å². The Morgan fingerprint density at radius 2 is 1.27 bits per heavy atom. The van der Waals surface area contributed by atoms with Gasteiger partial charge in [-0.15, -0.1) is 0 Å². The van der Waals surface area contributed by atoms with Gasteiger partial charge in [-0.3, -0.25) is 30.8 Å². The number of nitrogens with one attached hydrogen (secondary N) is 5. The van der Waals surface area contributed by atoms with E-state index in [-0.39, 0.29) is 43.6 Å². The molecule has 1 aliphatic carbocycles. The van der Waals surface area contributed by atoms with Gasteiger partial charge in [-0.2, -0.15) is 0 Å². The van der Waals surface area contributed by atoms with Gasteiger partial charge in [-0.1, -0.05) is 132 Å². The highest BCUT2D eigenvalue weighted by molar-refractivity contribution is 6.02. The van der Waals surface area contributed by atoms with Crippen LogP contribution < -0.4 is 27.0 Å². The lowest BCUT2D eigenvalue weighted by molar-refractivity contribution is -0.138. The van der Waals surface area contributed by atoms with Crippen LogP contribution in [0.15, 0.2) is 109 Å². The van der Waals surface area contributed by atoms with E-state index < -0.39 is 53.4 Å². The Balaban J connectivity index is 1.16. The average Bonchev–Trinajstić information content (AvgIpc) is 4.04. The normalized spacial score (nSPS) is 20.1. The summed E-state index contributed by atoms with van der Waals surface area (Å²) >= 11 is 0. The Kier molecular flexibility index (Phi) is 16.5. The smallest absolute Gasteiger partial charge is 0.408 e. The number of carbonyl (C=O) groups excluding carboxylic acids is 4. The number of aliphatic hydroxyl groups is 2. The minimum atomic E-state index is -1.88. The van der Waals surface area contributed by atoms with Gasteiger partial charge in [0.05, 0.1) is 19.3 Å². The van der Waals surface area contributed by atoms with E-state index in [4.69, 9.17) is 10.5 Å². The number of fused-ring (bicyclic) bond motifs is 3. The summed E-state index contributed by atoms with van der Waals surface area (Å²) in [6.45, 7) is 10.6. The van der Waals surface area contributed by atoms with Gasteiger partial charge in [-0.25, -0.2) is 4.79 Å². The zero-order chi connectivity index (χ0) is 50.2. The molecule has 0 unspecified atom stereocenters. The molecular formula is C55H70N8O7. The number of ether oxygens (including phenoxy) is 1. The van der Waals surface area contributed by atoms with Crippen LogP contribution in [-0.4, -0.2) is 94.2 Å². The van der Waals surface area contributed by atoms with Crippen molar-refractivity contribution in [1.82, 2.24) is 20.4 Å². The quantitative estimate of drug-likeness (QED) is 0.0244. The molecule has 15 nitrogen and oxygen atoms in total. The van der Waals surface area contributed by atoms with Crippen LogP contribution in [0.25, 0.3) is 11.1 Å². The molecule has 2 heterocycles. The summed E-state index contributed by atoms with van der Waals surface area (Å²) < 4.78 is 4.86. The minimum absolute atomic E-state index is 0.0227. The standard InChI is InChI=1S/C55H70N8O7/c1-6-9-18-35(4)58-48(36-19-14-12-15-20-36)51(68)62-33-40(64)31-46(62)49(66)59-38-23-25-42-43-26-24-39(30-45(43)54(27-10-7-2,28-11-8-3)44(42)29-38)60-50(67)47-32-41(65)34-63(47)52(56)55(57,61-53(69)70-5)37-21-16-13-17-22-37/h12-17,19-26,29-30,40-41,46-48,56,58,64-65H,4,6-11,18,27-28,31-34,57H2,1-3,5H3,(H,59,66)(H,60,67)(H,61,69)/t40-,41+,46+,47+,48-,55+/m1/s1. The van der Waals surface area contributed by atoms with Gasteiger partial charge in [0, 0.05) is 48.4 Å². The Morgan fingerprint density at radius 3 is 1.79 bits per heavy atom. The predicted molar refractivity (Wildman–Crippen MR) is 273 cm³/mol. The maximum atomic E-state index is 14.5. The summed E-state index contributed by atoms with van der Waals surface area (Å²) in [7, 11) is 1.20. The van der Waals surface area contributed by atoms with Crippen molar-refractivity contribution in [1.29, 1.82) is 5.41 Å². The van der Waals surface area contributed by atoms with Gasteiger partial charge in [0.25, 0.3) is 0 Å². The molecule has 0 aromatic heterocycles. The molecule has 372 valence electrons. The summed E-state index contributed by atoms with van der Waals surface area (Å²) in [5.41, 5.74) is 11.6. The van der Waals surface area contributed by atoms with E-state index in [0.717, 1.165) is 84.9 Å². The number of aliphatic hydroxyl groups excluding tert-OH is 2. The molecule has 4 aromatic rings. The number of rotatable bonds is 20. The fourth-order valence-electron chi connectivity index (χ4n) is 10.5. The molecule has 4 aromatic carbocycles. The van der Waals surface area contributed by atoms with Gasteiger partial charge in [0.2, 0.25) is 17.7 Å². The second-order valence-corrected chi connectivity index (χ2v) is 19.1. The van der Waals surface area contributed by atoms with Crippen LogP contribution in [0.1, 0.15) is 120 Å². The highest BCUT2D eigenvalue weighted by atomic mass is 16.5. The van der Waals surface area contributed by atoms with Crippen molar-refractivity contribution in [3.63, 3.8) is 0 Å². The molecule has 9 N–H and O–H groups in total. The zero-order valence-corrected chi connectivity index (χ0v) is 40.9. The molecule has 15 heteroatoms. The first-order valence-corrected chi connectivity index (χ1v) is 24.8. The first-order valence-electron chi connectivity index (χ1n) is 24.8. The number of nitrogens with zero attached hydrogens (tertiary/aromatic N) is 2. The lowest BCUT2D eigenvalue weighted by Crippen LogP contribution is -2.64. The zero-order valence-electron chi connectivity index (χ0n) is 40.9. The lowest BCUT2D eigenvalue weighted by Gasteiger charge is -2.37. The lowest BCUT2D eigenvalue weighted by atomic mass is 9.70. The number of allylic oxidation sites excluding steroid dienone is 1. The monoisotopic (exact) mass is 955 g/mol. The summed E-state index contributed by atoms with van der Waals surface area (Å²) in [6.07, 6.45) is 5.43. The number of hydrogen-bond acceptors (Lipinski definition) is 10. The summed E-state index contributed by atoms with van der Waals surface area (Å²) in [4.78, 5) is 58.7. The molecule has 0 spiro atoms. The van der Waals surface area contributed by atoms with Crippen molar-refractivity contribution < 1.29 is 34.1 Å². The number of nitrogens with two attached hydrogens (primary N) is 1. The van der Waals surface area contributed by atoms with Gasteiger partial charge in [0.1, 0.15) is 24.0 Å². The van der Waals surface area contributed by atoms with Crippen LogP contribution in [0, 0.1) is 5.41 Å². The van der Waals surface area contributed by atoms with Crippen LogP contribution in [0.5, 0.6) is 0 Å². The van der Waals surface area contributed by atoms with Crippen LogP contribution in [-0.2, 0) is 30.2 Å². The number of hydrogen-bond donors (Lipinski definition) is 8. The van der Waals surface area contributed by atoms with Crippen LogP contribution in [0.4, 0.5) is 16.2 Å². The number of amides is 4. The number of likely N-dealkylation sites (tertiary alicyclic amines) is 2. The van der Waals surface area contributed by atoms with Gasteiger partial charge < -0.3 is 40.7 Å². The maximum Gasteiger partial charge on any atom is 0.408 e. The first kappa shape index (κ1) is 51.3. The first-order chi connectivity index (χ1) is 33.7. The molecule has 0 saturated carbocycles. The SMILES string of the molecule is C=C(CCCC)N[C@@H](C(=O)N1C[C@H](O)C[C@H]1C(=O)Nc1ccc2c(c1)C(CCCC)(CCCC)c1cc(NC(=O)[C@@H]3C[C@H](O)CN3C(=N)[C@@](N)(NC(=O)OC)c3ccccc3)ccc1-2)c1ccccc1. The van der Waals surface area contributed by atoms with Crippen molar-refractivity contribution in [2.45, 2.75) is 133 Å². The number of β-amino-alcohol motifs (C(OH)–C–C–N with tert-alkyl or cyclic N) is 2. The Hall–Kier alpha value is -6.55. The fourth-order valence-corrected chi connectivity index (χ4v) is 10.5. The van der Waals surface area contributed by atoms with E-state index in [1.54, 1.807) is 30.3 Å². The van der Waals surface area contributed by atoms with Gasteiger partial charge in [0.15, 0.2) is 5.66 Å². The highest BCUT2D eigenvalue weighted by Gasteiger charge is 2.47. The van der Waals surface area contributed by atoms with Gasteiger partial charge in [-0.05, 0) is 83.3 Å². The number of benzene rings is 4. The second-order valence-electron chi connectivity index (χ2n) is 19.1. The molecule has 0 bridgehead atoms. The predicted octanol–water partition coefficient (Wildman–Crippen LogP) is 7.79.